The van der Waals surface area contributed by atoms with Crippen LogP contribution in [0.3, 0.4) is 0 Å². The Hall–Kier alpha value is -0.740. The standard InChI is InChI=1S/C14H20FNOS/c1-16-13(11-6-2-3-7-11)10-18(17)14-9-5-4-8-12(14)15/h4-5,8-9,11,13,16H,2-3,6-7,10H2,1H3. The third-order valence-electron chi connectivity index (χ3n) is 3.75. The minimum Gasteiger partial charge on any atom is -0.316 e. The van der Waals surface area contributed by atoms with Crippen molar-refractivity contribution in [1.82, 2.24) is 5.32 Å². The van der Waals surface area contributed by atoms with Gasteiger partial charge in [0.2, 0.25) is 0 Å². The van der Waals surface area contributed by atoms with E-state index in [-0.39, 0.29) is 11.9 Å². The summed E-state index contributed by atoms with van der Waals surface area (Å²) in [5.74, 6) is 0.727. The van der Waals surface area contributed by atoms with Crippen molar-refractivity contribution in [3.63, 3.8) is 0 Å². The van der Waals surface area contributed by atoms with E-state index in [1.54, 1.807) is 18.2 Å². The van der Waals surface area contributed by atoms with Crippen LogP contribution >= 0.6 is 0 Å². The first-order chi connectivity index (χ1) is 8.72. The SMILES string of the molecule is CNC(CS(=O)c1ccccc1F)C1CCCC1. The van der Waals surface area contributed by atoms with Crippen LogP contribution in [0, 0.1) is 11.7 Å². The Balaban J connectivity index is 2.03. The van der Waals surface area contributed by atoms with E-state index in [4.69, 9.17) is 0 Å². The third-order valence-corrected chi connectivity index (χ3v) is 5.24. The zero-order valence-corrected chi connectivity index (χ0v) is 11.5. The van der Waals surface area contributed by atoms with Crippen LogP contribution in [0.1, 0.15) is 25.7 Å². The minimum absolute atomic E-state index is 0.230. The fourth-order valence-electron chi connectivity index (χ4n) is 2.70. The molecule has 100 valence electrons. The lowest BCUT2D eigenvalue weighted by Gasteiger charge is -2.22. The molecule has 4 heteroatoms. The van der Waals surface area contributed by atoms with Crippen molar-refractivity contribution in [3.8, 4) is 0 Å². The van der Waals surface area contributed by atoms with Crippen molar-refractivity contribution in [2.45, 2.75) is 36.6 Å². The molecule has 2 unspecified atom stereocenters. The van der Waals surface area contributed by atoms with E-state index in [9.17, 15) is 8.60 Å². The van der Waals surface area contributed by atoms with E-state index in [0.717, 1.165) is 0 Å². The monoisotopic (exact) mass is 269 g/mol. The van der Waals surface area contributed by atoms with E-state index in [1.165, 1.54) is 31.7 Å². The topological polar surface area (TPSA) is 29.1 Å². The van der Waals surface area contributed by atoms with Gasteiger partial charge in [-0.3, -0.25) is 4.21 Å². The van der Waals surface area contributed by atoms with Gasteiger partial charge in [0.1, 0.15) is 5.82 Å². The fourth-order valence-corrected chi connectivity index (χ4v) is 4.16. The molecular formula is C14H20FNOS. The average Bonchev–Trinajstić information content (AvgIpc) is 2.90. The van der Waals surface area contributed by atoms with E-state index in [0.29, 0.717) is 16.6 Å². The number of benzene rings is 1. The molecule has 0 saturated heterocycles. The molecule has 0 heterocycles. The normalized spacial score (nSPS) is 19.9. The Morgan fingerprint density at radius 3 is 2.67 bits per heavy atom. The molecule has 2 nitrogen and oxygen atoms in total. The number of halogens is 1. The quantitative estimate of drug-likeness (QED) is 0.890. The molecule has 2 atom stereocenters. The smallest absolute Gasteiger partial charge is 0.139 e. The first-order valence-electron chi connectivity index (χ1n) is 6.52. The summed E-state index contributed by atoms with van der Waals surface area (Å²) in [4.78, 5) is 0.329. The van der Waals surface area contributed by atoms with E-state index in [1.807, 2.05) is 7.05 Å². The van der Waals surface area contributed by atoms with Gasteiger partial charge in [-0.15, -0.1) is 0 Å². The molecule has 18 heavy (non-hydrogen) atoms. The van der Waals surface area contributed by atoms with Gasteiger partial charge in [0.05, 0.1) is 15.7 Å². The maximum absolute atomic E-state index is 13.6. The summed E-state index contributed by atoms with van der Waals surface area (Å²) in [7, 11) is 0.646. The van der Waals surface area contributed by atoms with Crippen molar-refractivity contribution in [3.05, 3.63) is 30.1 Å². The predicted octanol–water partition coefficient (Wildman–Crippen LogP) is 2.71. The fraction of sp³-hybridized carbons (Fsp3) is 0.571. The molecule has 0 bridgehead atoms. The Morgan fingerprint density at radius 1 is 1.39 bits per heavy atom. The van der Waals surface area contributed by atoms with Gasteiger partial charge in [-0.25, -0.2) is 4.39 Å². The van der Waals surface area contributed by atoms with Gasteiger partial charge in [0.25, 0.3) is 0 Å². The molecular weight excluding hydrogens is 249 g/mol. The van der Waals surface area contributed by atoms with E-state index < -0.39 is 10.8 Å². The first kappa shape index (κ1) is 13.7. The van der Waals surface area contributed by atoms with Crippen LogP contribution in [0.4, 0.5) is 4.39 Å². The highest BCUT2D eigenvalue weighted by Gasteiger charge is 2.26. The Bertz CT molecular complexity index is 418. The second kappa shape index (κ2) is 6.43. The molecule has 0 amide bonds. The van der Waals surface area contributed by atoms with Gasteiger partial charge < -0.3 is 5.32 Å². The first-order valence-corrected chi connectivity index (χ1v) is 7.84. The average molecular weight is 269 g/mol. The van der Waals surface area contributed by atoms with Gasteiger partial charge in [-0.05, 0) is 37.9 Å². The molecule has 1 saturated carbocycles. The lowest BCUT2D eigenvalue weighted by molar-refractivity contribution is 0.407. The third kappa shape index (κ3) is 3.18. The second-order valence-corrected chi connectivity index (χ2v) is 6.35. The van der Waals surface area contributed by atoms with Gasteiger partial charge in [-0.2, -0.15) is 0 Å². The highest BCUT2D eigenvalue weighted by Crippen LogP contribution is 2.28. The highest BCUT2D eigenvalue weighted by molar-refractivity contribution is 7.85. The number of nitrogens with one attached hydrogen (secondary N) is 1. The van der Waals surface area contributed by atoms with Crippen molar-refractivity contribution in [1.29, 1.82) is 0 Å². The summed E-state index contributed by atoms with van der Waals surface area (Å²) >= 11 is 0. The van der Waals surface area contributed by atoms with Gasteiger partial charge in [0, 0.05) is 11.8 Å². The molecule has 1 aromatic carbocycles. The summed E-state index contributed by atoms with van der Waals surface area (Å²) in [5, 5.41) is 3.25. The van der Waals surface area contributed by atoms with Crippen molar-refractivity contribution >= 4 is 10.8 Å². The van der Waals surface area contributed by atoms with Gasteiger partial charge in [-0.1, -0.05) is 25.0 Å². The molecule has 1 aliphatic carbocycles. The summed E-state index contributed by atoms with van der Waals surface area (Å²) in [5.41, 5.74) is 0. The largest absolute Gasteiger partial charge is 0.316 e. The van der Waals surface area contributed by atoms with Gasteiger partial charge >= 0.3 is 0 Å². The molecule has 1 fully saturated rings. The van der Waals surface area contributed by atoms with Crippen molar-refractivity contribution in [2.24, 2.45) is 5.92 Å². The zero-order valence-electron chi connectivity index (χ0n) is 10.7. The summed E-state index contributed by atoms with van der Waals surface area (Å²) in [6.45, 7) is 0. The number of hydrogen-bond acceptors (Lipinski definition) is 2. The molecule has 2 rings (SSSR count). The molecule has 1 aliphatic rings. The maximum atomic E-state index is 13.6. The van der Waals surface area contributed by atoms with Crippen molar-refractivity contribution in [2.75, 3.05) is 12.8 Å². The summed E-state index contributed by atoms with van der Waals surface area (Å²) < 4.78 is 25.8. The molecule has 0 spiro atoms. The van der Waals surface area contributed by atoms with Crippen LogP contribution < -0.4 is 5.32 Å². The molecule has 0 radical (unpaired) electrons. The lowest BCUT2D eigenvalue weighted by Crippen LogP contribution is -2.37. The Labute approximate surface area is 110 Å². The lowest BCUT2D eigenvalue weighted by atomic mass is 10.0. The minimum atomic E-state index is -1.26. The van der Waals surface area contributed by atoms with Crippen LogP contribution in [0.15, 0.2) is 29.2 Å². The Kier molecular flexibility index (Phi) is 4.89. The van der Waals surface area contributed by atoms with Gasteiger partial charge in [0.15, 0.2) is 0 Å². The van der Waals surface area contributed by atoms with Crippen molar-refractivity contribution < 1.29 is 8.60 Å². The Morgan fingerprint density at radius 2 is 2.06 bits per heavy atom. The van der Waals surface area contributed by atoms with Crippen LogP contribution in [0.5, 0.6) is 0 Å². The highest BCUT2D eigenvalue weighted by atomic mass is 32.2. The van der Waals surface area contributed by atoms with E-state index >= 15 is 0 Å². The number of rotatable bonds is 5. The van der Waals surface area contributed by atoms with Crippen LogP contribution in [0.2, 0.25) is 0 Å². The number of hydrogen-bond donors (Lipinski definition) is 1. The molecule has 0 aromatic heterocycles. The van der Waals surface area contributed by atoms with Crippen LogP contribution in [-0.4, -0.2) is 23.1 Å². The summed E-state index contributed by atoms with van der Waals surface area (Å²) in [6.07, 6.45) is 4.91. The molecule has 1 N–H and O–H groups in total. The molecule has 1 aromatic rings. The predicted molar refractivity (Wildman–Crippen MR) is 72.5 cm³/mol. The summed E-state index contributed by atoms with van der Waals surface area (Å²) in [6, 6.07) is 6.58. The van der Waals surface area contributed by atoms with E-state index in [2.05, 4.69) is 5.32 Å². The maximum Gasteiger partial charge on any atom is 0.139 e. The second-order valence-electron chi connectivity index (χ2n) is 4.88. The van der Waals surface area contributed by atoms with Crippen LogP contribution in [0.25, 0.3) is 0 Å². The van der Waals surface area contributed by atoms with Crippen LogP contribution in [-0.2, 0) is 10.8 Å². The molecule has 0 aliphatic heterocycles. The zero-order chi connectivity index (χ0) is 13.0.